The van der Waals surface area contributed by atoms with E-state index in [-0.39, 0.29) is 12.6 Å². The van der Waals surface area contributed by atoms with Crippen LogP contribution in [-0.4, -0.2) is 29.8 Å². The summed E-state index contributed by atoms with van der Waals surface area (Å²) in [5.74, 6) is 0. The minimum Gasteiger partial charge on any atom is -0.396 e. The van der Waals surface area contributed by atoms with E-state index in [2.05, 4.69) is 34.6 Å². The first-order valence-electron chi connectivity index (χ1n) is 7.24. The van der Waals surface area contributed by atoms with Gasteiger partial charge in [-0.1, -0.05) is 24.3 Å². The Labute approximate surface area is 120 Å². The molecular formula is C16H23N3O. The molecule has 0 saturated carbocycles. The average molecular weight is 273 g/mol. The quantitative estimate of drug-likeness (QED) is 0.643. The maximum atomic E-state index is 8.77. The molecule has 2 aromatic rings. The number of aromatic nitrogens is 1. The Bertz CT molecular complexity index is 525. The highest BCUT2D eigenvalue weighted by Gasteiger charge is 2.12. The van der Waals surface area contributed by atoms with Crippen molar-refractivity contribution in [3.05, 3.63) is 42.1 Å². The molecule has 0 spiro atoms. The number of pyridine rings is 1. The summed E-state index contributed by atoms with van der Waals surface area (Å²) in [6.45, 7) is 1.73. The molecule has 1 atom stereocenters. The molecule has 1 aromatic carbocycles. The van der Waals surface area contributed by atoms with Crippen LogP contribution in [0.15, 0.2) is 36.5 Å². The predicted molar refractivity (Wildman–Crippen MR) is 82.5 cm³/mol. The SMILES string of the molecule is NCC(NCCCCCO)c1cccc2cccnc12. The van der Waals surface area contributed by atoms with Crippen LogP contribution in [0.1, 0.15) is 30.9 Å². The lowest BCUT2D eigenvalue weighted by molar-refractivity contribution is 0.282. The number of para-hydroxylation sites is 1. The number of hydrogen-bond donors (Lipinski definition) is 3. The summed E-state index contributed by atoms with van der Waals surface area (Å²) in [7, 11) is 0. The molecular weight excluding hydrogens is 250 g/mol. The van der Waals surface area contributed by atoms with Gasteiger partial charge in [-0.2, -0.15) is 0 Å². The Morgan fingerprint density at radius 2 is 2.00 bits per heavy atom. The molecule has 0 fully saturated rings. The van der Waals surface area contributed by atoms with Crippen LogP contribution in [0.25, 0.3) is 10.9 Å². The first kappa shape index (κ1) is 14.9. The summed E-state index contributed by atoms with van der Waals surface area (Å²) in [6.07, 6.45) is 4.77. The Kier molecular flexibility index (Phi) is 5.92. The van der Waals surface area contributed by atoms with Gasteiger partial charge in [0.1, 0.15) is 0 Å². The normalized spacial score (nSPS) is 12.7. The van der Waals surface area contributed by atoms with Crippen molar-refractivity contribution in [1.29, 1.82) is 0 Å². The van der Waals surface area contributed by atoms with E-state index < -0.39 is 0 Å². The largest absolute Gasteiger partial charge is 0.396 e. The topological polar surface area (TPSA) is 71.2 Å². The third-order valence-corrected chi connectivity index (χ3v) is 3.50. The van der Waals surface area contributed by atoms with Gasteiger partial charge in [-0.25, -0.2) is 0 Å². The molecule has 0 radical (unpaired) electrons. The monoisotopic (exact) mass is 273 g/mol. The summed E-state index contributed by atoms with van der Waals surface area (Å²) in [5, 5.41) is 13.4. The smallest absolute Gasteiger partial charge is 0.0750 e. The third-order valence-electron chi connectivity index (χ3n) is 3.50. The van der Waals surface area contributed by atoms with Crippen LogP contribution in [0.5, 0.6) is 0 Å². The van der Waals surface area contributed by atoms with Gasteiger partial charge >= 0.3 is 0 Å². The highest BCUT2D eigenvalue weighted by atomic mass is 16.2. The number of hydrogen-bond acceptors (Lipinski definition) is 4. The van der Waals surface area contributed by atoms with Crippen LogP contribution in [0.4, 0.5) is 0 Å². The molecule has 4 nitrogen and oxygen atoms in total. The number of nitrogens with two attached hydrogens (primary N) is 1. The maximum Gasteiger partial charge on any atom is 0.0750 e. The second-order valence-corrected chi connectivity index (χ2v) is 4.95. The van der Waals surface area contributed by atoms with Crippen LogP contribution in [0.2, 0.25) is 0 Å². The maximum absolute atomic E-state index is 8.77. The third kappa shape index (κ3) is 3.76. The van der Waals surface area contributed by atoms with Crippen LogP contribution in [0, 0.1) is 0 Å². The molecule has 4 N–H and O–H groups in total. The second-order valence-electron chi connectivity index (χ2n) is 4.95. The van der Waals surface area contributed by atoms with Gasteiger partial charge in [0.05, 0.1) is 5.52 Å². The summed E-state index contributed by atoms with van der Waals surface area (Å²) in [6, 6.07) is 10.4. The molecule has 1 aromatic heterocycles. The predicted octanol–water partition coefficient (Wildman–Crippen LogP) is 1.99. The first-order valence-corrected chi connectivity index (χ1v) is 7.24. The van der Waals surface area contributed by atoms with E-state index in [1.54, 1.807) is 0 Å². The highest BCUT2D eigenvalue weighted by molar-refractivity contribution is 5.82. The number of rotatable bonds is 8. The fourth-order valence-corrected chi connectivity index (χ4v) is 2.42. The molecule has 20 heavy (non-hydrogen) atoms. The molecule has 2 rings (SSSR count). The van der Waals surface area contributed by atoms with E-state index in [0.717, 1.165) is 42.3 Å². The number of nitrogens with one attached hydrogen (secondary N) is 1. The molecule has 0 aliphatic heterocycles. The van der Waals surface area contributed by atoms with Crippen molar-refractivity contribution >= 4 is 10.9 Å². The zero-order valence-corrected chi connectivity index (χ0v) is 11.8. The van der Waals surface area contributed by atoms with Crippen LogP contribution >= 0.6 is 0 Å². The Morgan fingerprint density at radius 3 is 2.80 bits per heavy atom. The number of unbranched alkanes of at least 4 members (excludes halogenated alkanes) is 2. The number of nitrogens with zero attached hydrogens (tertiary/aromatic N) is 1. The van der Waals surface area contributed by atoms with Crippen LogP contribution < -0.4 is 11.1 Å². The van der Waals surface area contributed by atoms with Crippen LogP contribution in [0.3, 0.4) is 0 Å². The van der Waals surface area contributed by atoms with Crippen molar-refractivity contribution in [3.8, 4) is 0 Å². The minimum absolute atomic E-state index is 0.128. The van der Waals surface area contributed by atoms with Crippen molar-refractivity contribution in [2.75, 3.05) is 19.7 Å². The molecule has 0 aliphatic rings. The number of fused-ring (bicyclic) bond motifs is 1. The molecule has 0 bridgehead atoms. The Hall–Kier alpha value is -1.49. The zero-order valence-electron chi connectivity index (χ0n) is 11.8. The van der Waals surface area contributed by atoms with Crippen molar-refractivity contribution < 1.29 is 5.11 Å². The Morgan fingerprint density at radius 1 is 1.15 bits per heavy atom. The first-order chi connectivity index (χ1) is 9.86. The van der Waals surface area contributed by atoms with Gasteiger partial charge in [0.2, 0.25) is 0 Å². The highest BCUT2D eigenvalue weighted by Crippen LogP contribution is 2.21. The van der Waals surface area contributed by atoms with E-state index in [9.17, 15) is 0 Å². The molecule has 0 saturated heterocycles. The van der Waals surface area contributed by atoms with Crippen LogP contribution in [-0.2, 0) is 0 Å². The van der Waals surface area contributed by atoms with E-state index in [0.29, 0.717) is 6.54 Å². The molecule has 1 heterocycles. The lowest BCUT2D eigenvalue weighted by Crippen LogP contribution is -2.29. The van der Waals surface area contributed by atoms with Gasteiger partial charge < -0.3 is 16.2 Å². The molecule has 108 valence electrons. The van der Waals surface area contributed by atoms with Crippen molar-refractivity contribution in [1.82, 2.24) is 10.3 Å². The van der Waals surface area contributed by atoms with Gasteiger partial charge in [-0.05, 0) is 37.4 Å². The number of aliphatic hydroxyl groups is 1. The minimum atomic E-state index is 0.128. The summed E-state index contributed by atoms with van der Waals surface area (Å²) < 4.78 is 0. The molecule has 4 heteroatoms. The van der Waals surface area contributed by atoms with Crippen molar-refractivity contribution in [2.45, 2.75) is 25.3 Å². The van der Waals surface area contributed by atoms with Gasteiger partial charge in [-0.15, -0.1) is 0 Å². The van der Waals surface area contributed by atoms with Gasteiger partial charge in [-0.3, -0.25) is 4.98 Å². The number of benzene rings is 1. The molecule has 1 unspecified atom stereocenters. The standard InChI is InChI=1S/C16H23N3O/c17-12-15(18-9-2-1-3-11-20)14-8-4-6-13-7-5-10-19-16(13)14/h4-8,10,15,18,20H,1-3,9,11-12,17H2. The lowest BCUT2D eigenvalue weighted by Gasteiger charge is -2.18. The lowest BCUT2D eigenvalue weighted by atomic mass is 10.0. The number of aliphatic hydroxyl groups excluding tert-OH is 1. The van der Waals surface area contributed by atoms with Crippen molar-refractivity contribution in [2.24, 2.45) is 5.73 Å². The summed E-state index contributed by atoms with van der Waals surface area (Å²) in [5.41, 5.74) is 8.09. The molecule has 0 amide bonds. The van der Waals surface area contributed by atoms with Crippen molar-refractivity contribution in [3.63, 3.8) is 0 Å². The van der Waals surface area contributed by atoms with Gasteiger partial charge in [0.25, 0.3) is 0 Å². The Balaban J connectivity index is 2.05. The second kappa shape index (κ2) is 7.94. The fraction of sp³-hybridized carbons (Fsp3) is 0.438. The summed E-state index contributed by atoms with van der Waals surface area (Å²) in [4.78, 5) is 4.48. The zero-order chi connectivity index (χ0) is 14.2. The van der Waals surface area contributed by atoms with Gasteiger partial charge in [0, 0.05) is 30.8 Å². The average Bonchev–Trinajstić information content (AvgIpc) is 2.51. The van der Waals surface area contributed by atoms with E-state index in [4.69, 9.17) is 10.8 Å². The van der Waals surface area contributed by atoms with E-state index >= 15 is 0 Å². The van der Waals surface area contributed by atoms with Gasteiger partial charge in [0.15, 0.2) is 0 Å². The molecule has 0 aliphatic carbocycles. The fourth-order valence-electron chi connectivity index (χ4n) is 2.42. The van der Waals surface area contributed by atoms with E-state index in [1.807, 2.05) is 12.3 Å². The summed E-state index contributed by atoms with van der Waals surface area (Å²) >= 11 is 0. The van der Waals surface area contributed by atoms with E-state index in [1.165, 1.54) is 0 Å².